The number of ether oxygens (including phenoxy) is 1. The molecule has 3 aromatic rings. The van der Waals surface area contributed by atoms with Gasteiger partial charge in [0.05, 0.1) is 18.3 Å². The lowest BCUT2D eigenvalue weighted by atomic mass is 10.1. The van der Waals surface area contributed by atoms with E-state index >= 15 is 0 Å². The summed E-state index contributed by atoms with van der Waals surface area (Å²) in [5.41, 5.74) is 5.67. The van der Waals surface area contributed by atoms with Gasteiger partial charge in [-0.1, -0.05) is 12.1 Å². The molecule has 1 aliphatic heterocycles. The summed E-state index contributed by atoms with van der Waals surface area (Å²) >= 11 is 0. The van der Waals surface area contributed by atoms with Crippen LogP contribution in [0.15, 0.2) is 30.6 Å². The summed E-state index contributed by atoms with van der Waals surface area (Å²) in [6, 6.07) is 4.68. The fourth-order valence-corrected chi connectivity index (χ4v) is 3.27. The molecule has 2 aromatic heterocycles. The fourth-order valence-electron chi connectivity index (χ4n) is 3.27. The first-order valence-corrected chi connectivity index (χ1v) is 8.40. The quantitative estimate of drug-likeness (QED) is 0.618. The highest BCUT2D eigenvalue weighted by Crippen LogP contribution is 2.38. The topological polar surface area (TPSA) is 119 Å². The van der Waals surface area contributed by atoms with E-state index in [1.165, 1.54) is 23.0 Å². The molecule has 0 amide bonds. The van der Waals surface area contributed by atoms with E-state index in [2.05, 4.69) is 15.0 Å². The largest absolute Gasteiger partial charge is 0.416 e. The number of imidazole rings is 1. The molecule has 4 N–H and O–H groups in total. The van der Waals surface area contributed by atoms with E-state index in [-0.39, 0.29) is 34.8 Å². The number of alkyl halides is 3. The molecule has 0 spiro atoms. The monoisotopic (exact) mass is 395 g/mol. The molecule has 28 heavy (non-hydrogen) atoms. The Hall–Kier alpha value is -2.76. The third-order valence-corrected chi connectivity index (χ3v) is 4.63. The van der Waals surface area contributed by atoms with Gasteiger partial charge in [0.1, 0.15) is 24.5 Å². The Morgan fingerprint density at radius 3 is 2.75 bits per heavy atom. The SMILES string of the molecule is Nc1ncnc2c1nc(-c1cccc(C(F)(F)F)c1)n2[C@H]1C[C@H](O)[C@@H](CO)O1. The van der Waals surface area contributed by atoms with Crippen LogP contribution in [-0.4, -0.2) is 48.5 Å². The Balaban J connectivity index is 1.91. The van der Waals surface area contributed by atoms with Crippen LogP contribution in [0.3, 0.4) is 0 Å². The molecule has 4 rings (SSSR count). The van der Waals surface area contributed by atoms with Crippen LogP contribution in [0.25, 0.3) is 22.6 Å². The van der Waals surface area contributed by atoms with Crippen molar-refractivity contribution in [1.29, 1.82) is 0 Å². The standard InChI is InChI=1S/C17H16F3N5O3/c18-17(19,20)9-3-1-2-8(4-9)15-24-13-14(21)22-7-23-16(13)25(15)12-5-10(27)11(6-26)28-12/h1-4,7,10-12,26-27H,5-6H2,(H2,21,22,23)/t10-,11+,12+/m0/s1. The molecule has 148 valence electrons. The number of halogens is 3. The number of aliphatic hydroxyl groups excluding tert-OH is 2. The Morgan fingerprint density at radius 2 is 2.07 bits per heavy atom. The van der Waals surface area contributed by atoms with Gasteiger partial charge >= 0.3 is 6.18 Å². The summed E-state index contributed by atoms with van der Waals surface area (Å²) < 4.78 is 46.6. The number of nitrogens with zero attached hydrogens (tertiary/aromatic N) is 4. The molecule has 11 heteroatoms. The summed E-state index contributed by atoms with van der Waals surface area (Å²) in [5.74, 6) is 0.207. The summed E-state index contributed by atoms with van der Waals surface area (Å²) in [4.78, 5) is 12.4. The number of hydrogen-bond donors (Lipinski definition) is 3. The van der Waals surface area contributed by atoms with E-state index in [4.69, 9.17) is 10.5 Å². The zero-order valence-corrected chi connectivity index (χ0v) is 14.3. The van der Waals surface area contributed by atoms with Crippen molar-refractivity contribution in [3.05, 3.63) is 36.2 Å². The van der Waals surface area contributed by atoms with Gasteiger partial charge in [0.25, 0.3) is 0 Å². The van der Waals surface area contributed by atoms with Gasteiger partial charge in [-0.15, -0.1) is 0 Å². The number of hydrogen-bond acceptors (Lipinski definition) is 7. The lowest BCUT2D eigenvalue weighted by molar-refractivity contribution is -0.137. The normalized spacial score (nSPS) is 22.8. The molecule has 0 bridgehead atoms. The number of anilines is 1. The number of aliphatic hydroxyl groups is 2. The molecular formula is C17H16F3N5O3. The van der Waals surface area contributed by atoms with Crippen molar-refractivity contribution >= 4 is 17.0 Å². The Morgan fingerprint density at radius 1 is 1.29 bits per heavy atom. The van der Waals surface area contributed by atoms with Gasteiger partial charge in [-0.2, -0.15) is 13.2 Å². The van der Waals surface area contributed by atoms with Crippen LogP contribution in [-0.2, 0) is 10.9 Å². The second-order valence-corrected chi connectivity index (χ2v) is 6.43. The summed E-state index contributed by atoms with van der Waals surface area (Å²) in [5, 5.41) is 19.4. The van der Waals surface area contributed by atoms with Crippen molar-refractivity contribution in [2.24, 2.45) is 0 Å². The maximum Gasteiger partial charge on any atom is 0.416 e. The van der Waals surface area contributed by atoms with Crippen LogP contribution < -0.4 is 5.73 Å². The van der Waals surface area contributed by atoms with Crippen LogP contribution in [0, 0.1) is 0 Å². The van der Waals surface area contributed by atoms with E-state index in [1.54, 1.807) is 0 Å². The van der Waals surface area contributed by atoms with Crippen molar-refractivity contribution in [3.8, 4) is 11.4 Å². The molecule has 1 aliphatic rings. The highest BCUT2D eigenvalue weighted by Gasteiger charge is 2.37. The maximum absolute atomic E-state index is 13.1. The average Bonchev–Trinajstić information content (AvgIpc) is 3.22. The second-order valence-electron chi connectivity index (χ2n) is 6.43. The number of benzene rings is 1. The first-order valence-electron chi connectivity index (χ1n) is 8.40. The average molecular weight is 395 g/mol. The van der Waals surface area contributed by atoms with Gasteiger partial charge in [-0.3, -0.25) is 4.57 Å². The van der Waals surface area contributed by atoms with Crippen LogP contribution >= 0.6 is 0 Å². The zero-order valence-electron chi connectivity index (χ0n) is 14.3. The molecule has 1 fully saturated rings. The van der Waals surface area contributed by atoms with E-state index in [0.717, 1.165) is 12.1 Å². The number of fused-ring (bicyclic) bond motifs is 1. The lowest BCUT2D eigenvalue weighted by Crippen LogP contribution is -2.24. The molecule has 0 unspecified atom stereocenters. The summed E-state index contributed by atoms with van der Waals surface area (Å²) in [6.45, 7) is -0.402. The minimum Gasteiger partial charge on any atom is -0.394 e. The van der Waals surface area contributed by atoms with E-state index < -0.39 is 36.8 Å². The first-order chi connectivity index (χ1) is 13.3. The van der Waals surface area contributed by atoms with Crippen molar-refractivity contribution in [3.63, 3.8) is 0 Å². The predicted molar refractivity (Wildman–Crippen MR) is 91.8 cm³/mol. The van der Waals surface area contributed by atoms with Gasteiger partial charge in [-0.25, -0.2) is 15.0 Å². The molecule has 3 atom stereocenters. The molecule has 0 radical (unpaired) electrons. The second kappa shape index (κ2) is 6.69. The van der Waals surface area contributed by atoms with Crippen LogP contribution in [0.5, 0.6) is 0 Å². The fraction of sp³-hybridized carbons (Fsp3) is 0.353. The van der Waals surface area contributed by atoms with Gasteiger partial charge < -0.3 is 20.7 Å². The van der Waals surface area contributed by atoms with Crippen molar-refractivity contribution in [2.75, 3.05) is 12.3 Å². The third-order valence-electron chi connectivity index (χ3n) is 4.63. The molecular weight excluding hydrogens is 379 g/mol. The summed E-state index contributed by atoms with van der Waals surface area (Å²) in [6.07, 6.45) is -5.77. The number of nitrogen functional groups attached to an aromatic ring is 1. The Bertz CT molecular complexity index is 1020. The predicted octanol–water partition coefficient (Wildman–Crippen LogP) is 1.73. The smallest absolute Gasteiger partial charge is 0.394 e. The molecule has 1 saturated heterocycles. The molecule has 0 aliphatic carbocycles. The number of nitrogens with two attached hydrogens (primary N) is 1. The van der Waals surface area contributed by atoms with E-state index in [0.29, 0.717) is 0 Å². The van der Waals surface area contributed by atoms with Gasteiger partial charge in [0.2, 0.25) is 0 Å². The number of aromatic nitrogens is 4. The molecule has 1 aromatic carbocycles. The lowest BCUT2D eigenvalue weighted by Gasteiger charge is -2.17. The van der Waals surface area contributed by atoms with Crippen molar-refractivity contribution in [1.82, 2.24) is 19.5 Å². The maximum atomic E-state index is 13.1. The van der Waals surface area contributed by atoms with Crippen molar-refractivity contribution in [2.45, 2.75) is 31.0 Å². The molecule has 8 nitrogen and oxygen atoms in total. The van der Waals surface area contributed by atoms with Gasteiger partial charge in [-0.05, 0) is 12.1 Å². The third kappa shape index (κ3) is 3.07. The van der Waals surface area contributed by atoms with Gasteiger partial charge in [0.15, 0.2) is 17.0 Å². The first kappa shape index (κ1) is 18.6. The van der Waals surface area contributed by atoms with Crippen molar-refractivity contribution < 1.29 is 28.1 Å². The van der Waals surface area contributed by atoms with Crippen LogP contribution in [0.1, 0.15) is 18.2 Å². The zero-order chi connectivity index (χ0) is 20.1. The molecule has 0 saturated carbocycles. The van der Waals surface area contributed by atoms with Gasteiger partial charge in [0, 0.05) is 12.0 Å². The Labute approximate surface area is 156 Å². The highest BCUT2D eigenvalue weighted by atomic mass is 19.4. The molecule has 3 heterocycles. The highest BCUT2D eigenvalue weighted by molar-refractivity contribution is 5.85. The minimum absolute atomic E-state index is 0.0641. The van der Waals surface area contributed by atoms with E-state index in [1.807, 2.05) is 0 Å². The number of rotatable bonds is 3. The summed E-state index contributed by atoms with van der Waals surface area (Å²) in [7, 11) is 0. The Kier molecular flexibility index (Phi) is 4.44. The minimum atomic E-state index is -4.52. The van der Waals surface area contributed by atoms with Crippen LogP contribution in [0.2, 0.25) is 0 Å². The van der Waals surface area contributed by atoms with E-state index in [9.17, 15) is 23.4 Å². The van der Waals surface area contributed by atoms with Crippen LogP contribution in [0.4, 0.5) is 19.0 Å².